The first-order valence-corrected chi connectivity index (χ1v) is 8.93. The van der Waals surface area contributed by atoms with E-state index in [1.165, 1.54) is 43.6 Å². The average Bonchev–Trinajstić information content (AvgIpc) is 2.88. The number of H-pyrrole nitrogens is 1. The molecule has 4 heteroatoms. The largest absolute Gasteiger partial charge is 0.341 e. The number of fused-ring (bicyclic) bond motifs is 1. The molecule has 0 saturated carbocycles. The average molecular weight is 314 g/mol. The third-order valence-electron chi connectivity index (χ3n) is 4.92. The third-order valence-corrected chi connectivity index (χ3v) is 4.92. The van der Waals surface area contributed by atoms with Gasteiger partial charge in [-0.25, -0.2) is 4.98 Å². The molecule has 23 heavy (non-hydrogen) atoms. The van der Waals surface area contributed by atoms with Crippen molar-refractivity contribution in [1.82, 2.24) is 20.2 Å². The van der Waals surface area contributed by atoms with E-state index >= 15 is 0 Å². The summed E-state index contributed by atoms with van der Waals surface area (Å²) in [7, 11) is 0. The van der Waals surface area contributed by atoms with Crippen LogP contribution in [0.3, 0.4) is 0 Å². The zero-order chi connectivity index (χ0) is 16.4. The smallest absolute Gasteiger partial charge is 0.121 e. The van der Waals surface area contributed by atoms with Crippen LogP contribution in [0.1, 0.15) is 43.6 Å². The molecule has 0 aliphatic carbocycles. The molecule has 3 rings (SSSR count). The van der Waals surface area contributed by atoms with Crippen molar-refractivity contribution in [1.29, 1.82) is 0 Å². The second kappa shape index (κ2) is 7.02. The molecule has 2 N–H and O–H groups in total. The number of likely N-dealkylation sites (tertiary alicyclic amines) is 1. The van der Waals surface area contributed by atoms with Crippen LogP contribution in [0.15, 0.2) is 12.1 Å². The number of aromatic amines is 1. The third kappa shape index (κ3) is 4.12. The molecule has 0 atom stereocenters. The van der Waals surface area contributed by atoms with Gasteiger partial charge in [-0.3, -0.25) is 0 Å². The van der Waals surface area contributed by atoms with Gasteiger partial charge in [0.2, 0.25) is 0 Å². The minimum atomic E-state index is 0.620. The molecule has 4 nitrogen and oxygen atoms in total. The Labute approximate surface area is 139 Å². The van der Waals surface area contributed by atoms with E-state index in [1.54, 1.807) is 0 Å². The molecule has 0 amide bonds. The van der Waals surface area contributed by atoms with Crippen molar-refractivity contribution in [2.24, 2.45) is 5.92 Å². The summed E-state index contributed by atoms with van der Waals surface area (Å²) in [4.78, 5) is 10.8. The van der Waals surface area contributed by atoms with Crippen LogP contribution < -0.4 is 5.32 Å². The first-order valence-electron chi connectivity index (χ1n) is 8.93. The fourth-order valence-corrected chi connectivity index (χ4v) is 3.48. The minimum absolute atomic E-state index is 0.620. The lowest BCUT2D eigenvalue weighted by atomic mass is 10.0. The molecule has 1 aliphatic rings. The maximum absolute atomic E-state index is 4.72. The van der Waals surface area contributed by atoms with E-state index in [0.717, 1.165) is 29.3 Å². The van der Waals surface area contributed by atoms with Crippen LogP contribution in [0.4, 0.5) is 0 Å². The summed E-state index contributed by atoms with van der Waals surface area (Å²) in [5, 5.41) is 3.68. The highest BCUT2D eigenvalue weighted by Crippen LogP contribution is 2.18. The SMILES string of the molecule is Cc1cc2nc(CNC3CCN(CC(C)C)CC3)[nH]c2cc1C. The van der Waals surface area contributed by atoms with Crippen LogP contribution in [0, 0.1) is 19.8 Å². The Bertz CT molecular complexity index is 612. The highest BCUT2D eigenvalue weighted by molar-refractivity contribution is 5.77. The molecule has 1 aliphatic heterocycles. The first-order chi connectivity index (χ1) is 11.0. The molecule has 0 bridgehead atoms. The number of nitrogens with zero attached hydrogens (tertiary/aromatic N) is 2. The molecule has 2 aromatic rings. The molecular weight excluding hydrogens is 284 g/mol. The second-order valence-corrected chi connectivity index (χ2v) is 7.49. The number of aryl methyl sites for hydroxylation is 2. The molecule has 0 spiro atoms. The number of nitrogens with one attached hydrogen (secondary N) is 2. The van der Waals surface area contributed by atoms with Crippen molar-refractivity contribution in [3.05, 3.63) is 29.1 Å². The van der Waals surface area contributed by atoms with Gasteiger partial charge in [0.15, 0.2) is 0 Å². The number of hydrogen-bond acceptors (Lipinski definition) is 3. The highest BCUT2D eigenvalue weighted by Gasteiger charge is 2.19. The molecule has 1 fully saturated rings. The van der Waals surface area contributed by atoms with Crippen molar-refractivity contribution < 1.29 is 0 Å². The van der Waals surface area contributed by atoms with E-state index in [9.17, 15) is 0 Å². The topological polar surface area (TPSA) is 44.0 Å². The van der Waals surface area contributed by atoms with Crippen molar-refractivity contribution in [2.75, 3.05) is 19.6 Å². The predicted octanol–water partition coefficient (Wildman–Crippen LogP) is 3.39. The summed E-state index contributed by atoms with van der Waals surface area (Å²) in [6, 6.07) is 5.00. The van der Waals surface area contributed by atoms with Crippen LogP contribution >= 0.6 is 0 Å². The van der Waals surface area contributed by atoms with Gasteiger partial charge in [-0.1, -0.05) is 13.8 Å². The van der Waals surface area contributed by atoms with E-state index in [-0.39, 0.29) is 0 Å². The maximum atomic E-state index is 4.72. The fourth-order valence-electron chi connectivity index (χ4n) is 3.48. The Kier molecular flexibility index (Phi) is 5.02. The maximum Gasteiger partial charge on any atom is 0.121 e. The number of aromatic nitrogens is 2. The van der Waals surface area contributed by atoms with Gasteiger partial charge in [0.05, 0.1) is 17.6 Å². The summed E-state index contributed by atoms with van der Waals surface area (Å²) < 4.78 is 0. The second-order valence-electron chi connectivity index (χ2n) is 7.49. The summed E-state index contributed by atoms with van der Waals surface area (Å²) >= 11 is 0. The van der Waals surface area contributed by atoms with Gasteiger partial charge in [-0.05, 0) is 69.0 Å². The van der Waals surface area contributed by atoms with E-state index in [1.807, 2.05) is 0 Å². The number of imidazole rings is 1. The minimum Gasteiger partial charge on any atom is -0.341 e. The van der Waals surface area contributed by atoms with Gasteiger partial charge in [0, 0.05) is 12.6 Å². The number of benzene rings is 1. The Hall–Kier alpha value is -1.39. The van der Waals surface area contributed by atoms with Crippen molar-refractivity contribution in [3.8, 4) is 0 Å². The normalized spacial score (nSPS) is 17.4. The lowest BCUT2D eigenvalue weighted by Crippen LogP contribution is -2.43. The van der Waals surface area contributed by atoms with E-state index in [0.29, 0.717) is 6.04 Å². The Morgan fingerprint density at radius 2 is 1.91 bits per heavy atom. The predicted molar refractivity (Wildman–Crippen MR) is 96.7 cm³/mol. The van der Waals surface area contributed by atoms with E-state index < -0.39 is 0 Å². The highest BCUT2D eigenvalue weighted by atomic mass is 15.1. The summed E-state index contributed by atoms with van der Waals surface area (Å²) in [5.74, 6) is 1.82. The Balaban J connectivity index is 1.53. The quantitative estimate of drug-likeness (QED) is 0.889. The zero-order valence-electron chi connectivity index (χ0n) is 14.9. The number of hydrogen-bond donors (Lipinski definition) is 2. The molecule has 1 aromatic heterocycles. The monoisotopic (exact) mass is 314 g/mol. The molecule has 2 heterocycles. The van der Waals surface area contributed by atoms with E-state index in [4.69, 9.17) is 4.98 Å². The van der Waals surface area contributed by atoms with E-state index in [2.05, 4.69) is 55.0 Å². The van der Waals surface area contributed by atoms with Gasteiger partial charge < -0.3 is 15.2 Å². The van der Waals surface area contributed by atoms with Crippen molar-refractivity contribution >= 4 is 11.0 Å². The first kappa shape index (κ1) is 16.5. The Morgan fingerprint density at radius 3 is 2.61 bits per heavy atom. The van der Waals surface area contributed by atoms with Crippen LogP contribution in [-0.4, -0.2) is 40.5 Å². The summed E-state index contributed by atoms with van der Waals surface area (Å²) in [6.07, 6.45) is 2.48. The van der Waals surface area contributed by atoms with Crippen LogP contribution in [0.2, 0.25) is 0 Å². The number of rotatable bonds is 5. The Morgan fingerprint density at radius 1 is 1.22 bits per heavy atom. The van der Waals surface area contributed by atoms with Gasteiger partial charge in [-0.2, -0.15) is 0 Å². The molecule has 0 radical (unpaired) electrons. The molecular formula is C19H30N4. The standard InChI is InChI=1S/C19H30N4/c1-13(2)12-23-7-5-16(6-8-23)20-11-19-21-17-9-14(3)15(4)10-18(17)22-19/h9-10,13,16,20H,5-8,11-12H2,1-4H3,(H,21,22). The molecule has 1 aromatic carbocycles. The van der Waals surface area contributed by atoms with Crippen LogP contribution in [0.5, 0.6) is 0 Å². The summed E-state index contributed by atoms with van der Waals surface area (Å²) in [6.45, 7) is 13.4. The lowest BCUT2D eigenvalue weighted by Gasteiger charge is -2.33. The number of piperidine rings is 1. The van der Waals surface area contributed by atoms with Crippen molar-refractivity contribution in [3.63, 3.8) is 0 Å². The van der Waals surface area contributed by atoms with Crippen LogP contribution in [-0.2, 0) is 6.54 Å². The molecule has 126 valence electrons. The lowest BCUT2D eigenvalue weighted by molar-refractivity contribution is 0.179. The van der Waals surface area contributed by atoms with Crippen LogP contribution in [0.25, 0.3) is 11.0 Å². The van der Waals surface area contributed by atoms with Gasteiger partial charge in [0.1, 0.15) is 5.82 Å². The fraction of sp³-hybridized carbons (Fsp3) is 0.632. The van der Waals surface area contributed by atoms with Gasteiger partial charge >= 0.3 is 0 Å². The van der Waals surface area contributed by atoms with Crippen molar-refractivity contribution in [2.45, 2.75) is 53.1 Å². The zero-order valence-corrected chi connectivity index (χ0v) is 14.9. The summed E-state index contributed by atoms with van der Waals surface area (Å²) in [5.41, 5.74) is 4.85. The molecule has 1 saturated heterocycles. The van der Waals surface area contributed by atoms with Gasteiger partial charge in [0.25, 0.3) is 0 Å². The van der Waals surface area contributed by atoms with Gasteiger partial charge in [-0.15, -0.1) is 0 Å². The molecule has 0 unspecified atom stereocenters.